The quantitative estimate of drug-likeness (QED) is 0.0401. The van der Waals surface area contributed by atoms with Crippen molar-refractivity contribution in [3.8, 4) is 0 Å². The molecule has 0 saturated carbocycles. The standard InChI is InChI=1S/2C12H24O2S.C12H25.H2S.Sb/c2*1-10(2)8-6-4-3-5-7-9-11(15)12(13)14;1-3-5-7-9-11-12-10-8-6-4-2;;/h2*10-11,15H,3-9H2,1-2H3,(H,13,14);1,3-12H2,2H3;1H2;/q;;;;+3/p-3. The van der Waals surface area contributed by atoms with Gasteiger partial charge in [-0.1, -0.05) is 105 Å². The Labute approximate surface area is 300 Å². The van der Waals surface area contributed by atoms with Crippen molar-refractivity contribution in [3.05, 3.63) is 0 Å². The van der Waals surface area contributed by atoms with Crippen LogP contribution in [-0.4, -0.2) is 42.7 Å². The Kier molecular flexibility index (Phi) is 44.7. The minimum absolute atomic E-state index is 0.0261. The van der Waals surface area contributed by atoms with Gasteiger partial charge in [0, 0.05) is 10.5 Å². The Morgan fingerprint density at radius 3 is 1.05 bits per heavy atom. The van der Waals surface area contributed by atoms with Crippen molar-refractivity contribution in [2.45, 2.75) is 204 Å². The Balaban J connectivity index is -0.000000574. The van der Waals surface area contributed by atoms with Crippen molar-refractivity contribution in [2.24, 2.45) is 11.8 Å². The molecular weight excluding hydrogens is 714 g/mol. The Hall–Kier alpha value is 0.808. The summed E-state index contributed by atoms with van der Waals surface area (Å²) in [5, 5.41) is 19.5. The van der Waals surface area contributed by atoms with Gasteiger partial charge in [0.2, 0.25) is 0 Å². The van der Waals surface area contributed by atoms with E-state index in [2.05, 4.69) is 69.6 Å². The van der Waals surface area contributed by atoms with E-state index in [4.69, 9.17) is 0 Å². The van der Waals surface area contributed by atoms with Crippen LogP contribution < -0.4 is 10.2 Å². The summed E-state index contributed by atoms with van der Waals surface area (Å²) in [4.78, 5) is 20.7. The summed E-state index contributed by atoms with van der Waals surface area (Å²) in [5.41, 5.74) is 0. The van der Waals surface area contributed by atoms with Gasteiger partial charge in [0.1, 0.15) is 0 Å². The van der Waals surface area contributed by atoms with Crippen molar-refractivity contribution in [2.75, 3.05) is 0 Å². The number of hydrogen-bond donors (Lipinski definition) is 3. The summed E-state index contributed by atoms with van der Waals surface area (Å²) in [6, 6.07) is 0. The number of thiol groups is 3. The van der Waals surface area contributed by atoms with Crippen LogP contribution in [0.15, 0.2) is 0 Å². The molecule has 0 heterocycles. The molecule has 2 atom stereocenters. The maximum absolute atomic E-state index is 10.4. The molecule has 0 bridgehead atoms. The van der Waals surface area contributed by atoms with Crippen LogP contribution in [0.4, 0.5) is 0 Å². The van der Waals surface area contributed by atoms with Crippen LogP contribution >= 0.6 is 35.0 Å². The third-order valence-electron chi connectivity index (χ3n) is 7.67. The Bertz CT molecular complexity index is 544. The molecular formula is C36H72O4S3Sb. The number of rotatable bonds is 29. The summed E-state index contributed by atoms with van der Waals surface area (Å²) in [6.07, 6.45) is 30.1. The molecule has 0 aliphatic rings. The van der Waals surface area contributed by atoms with Crippen LogP contribution in [0.2, 0.25) is 4.37 Å². The summed E-state index contributed by atoms with van der Waals surface area (Å²) in [7, 11) is 4.36. The van der Waals surface area contributed by atoms with Gasteiger partial charge in [-0.15, -0.1) is 0 Å². The first-order valence-electron chi connectivity index (χ1n) is 18.1. The first-order valence-corrected chi connectivity index (χ1v) is 24.7. The molecule has 263 valence electrons. The molecule has 8 heteroatoms. The van der Waals surface area contributed by atoms with E-state index in [1.165, 1.54) is 120 Å². The van der Waals surface area contributed by atoms with E-state index >= 15 is 0 Å². The van der Waals surface area contributed by atoms with Crippen LogP contribution in [0.5, 0.6) is 0 Å². The summed E-state index contributed by atoms with van der Waals surface area (Å²) in [5.74, 6) is -0.494. The molecule has 0 rings (SSSR count). The number of carbonyl (C=O) groups excluding carboxylic acids is 2. The van der Waals surface area contributed by atoms with Gasteiger partial charge >= 0.3 is 105 Å². The van der Waals surface area contributed by atoms with E-state index in [9.17, 15) is 19.8 Å². The SMILES string of the molecule is CC(C)CCCCCCCC(S)C(=O)[O-].CC(C)CCCCCCCC(S)C(=O)[O-].CCCCCCCCCCC[CH2][Sb+2][SH]. The number of hydrogen-bond acceptors (Lipinski definition) is 7. The van der Waals surface area contributed by atoms with Crippen molar-refractivity contribution in [3.63, 3.8) is 0 Å². The fourth-order valence-electron chi connectivity index (χ4n) is 4.75. The van der Waals surface area contributed by atoms with Gasteiger partial charge < -0.3 is 19.8 Å². The normalized spacial score (nSPS) is 12.2. The third kappa shape index (κ3) is 47.2. The predicted octanol–water partition coefficient (Wildman–Crippen LogP) is 9.72. The topological polar surface area (TPSA) is 80.3 Å². The van der Waals surface area contributed by atoms with E-state index in [0.717, 1.165) is 37.5 Å². The van der Waals surface area contributed by atoms with Gasteiger partial charge in [0.25, 0.3) is 0 Å². The zero-order chi connectivity index (χ0) is 33.8. The molecule has 44 heavy (non-hydrogen) atoms. The Morgan fingerprint density at radius 1 is 0.500 bits per heavy atom. The molecule has 0 amide bonds. The number of carboxylic acid groups (broad SMARTS) is 2. The molecule has 0 aliphatic heterocycles. The number of carboxylic acids is 2. The Morgan fingerprint density at radius 2 is 0.773 bits per heavy atom. The molecule has 0 spiro atoms. The van der Waals surface area contributed by atoms with Crippen molar-refractivity contribution < 1.29 is 19.8 Å². The second-order valence-electron chi connectivity index (χ2n) is 13.2. The zero-order valence-corrected chi connectivity index (χ0v) is 34.6. The van der Waals surface area contributed by atoms with Crippen LogP contribution in [0.1, 0.15) is 189 Å². The minimum atomic E-state index is -1.04. The van der Waals surface area contributed by atoms with Crippen LogP contribution in [-0.2, 0) is 9.59 Å². The first-order chi connectivity index (χ1) is 21.0. The fourth-order valence-corrected chi connectivity index (χ4v) is 7.10. The summed E-state index contributed by atoms with van der Waals surface area (Å²) < 4.78 is 1.46. The van der Waals surface area contributed by atoms with E-state index in [-0.39, 0.29) is 20.2 Å². The fraction of sp³-hybridized carbons (Fsp3) is 0.944. The number of aliphatic carboxylic acids is 2. The van der Waals surface area contributed by atoms with Gasteiger partial charge in [-0.25, -0.2) is 0 Å². The monoisotopic (exact) mass is 785 g/mol. The zero-order valence-electron chi connectivity index (χ0n) is 29.4. The second-order valence-corrected chi connectivity index (χ2v) is 18.4. The maximum atomic E-state index is 10.4. The van der Waals surface area contributed by atoms with Gasteiger partial charge in [-0.2, -0.15) is 25.3 Å². The van der Waals surface area contributed by atoms with Crippen LogP contribution in [0.25, 0.3) is 0 Å². The molecule has 0 aliphatic carbocycles. The van der Waals surface area contributed by atoms with E-state index in [1.807, 2.05) is 0 Å². The molecule has 4 nitrogen and oxygen atoms in total. The number of unbranched alkanes of at least 4 members (excludes halogenated alkanes) is 17. The first kappa shape index (κ1) is 49.2. The summed E-state index contributed by atoms with van der Waals surface area (Å²) >= 11 is 7.84. The predicted molar refractivity (Wildman–Crippen MR) is 201 cm³/mol. The van der Waals surface area contributed by atoms with Crippen LogP contribution in [0, 0.1) is 11.8 Å². The molecule has 0 aromatic rings. The average Bonchev–Trinajstić information content (AvgIpc) is 2.97. The second kappa shape index (κ2) is 40.0. The van der Waals surface area contributed by atoms with Crippen molar-refractivity contribution in [1.29, 1.82) is 0 Å². The molecule has 0 fully saturated rings. The van der Waals surface area contributed by atoms with Crippen molar-refractivity contribution in [1.82, 2.24) is 0 Å². The molecule has 2 unspecified atom stereocenters. The number of carbonyl (C=O) groups is 2. The van der Waals surface area contributed by atoms with E-state index in [1.54, 1.807) is 0 Å². The average molecular weight is 787 g/mol. The van der Waals surface area contributed by atoms with Gasteiger partial charge in [0.15, 0.2) is 0 Å². The molecule has 0 aromatic carbocycles. The molecule has 0 aromatic heterocycles. The van der Waals surface area contributed by atoms with Gasteiger partial charge in [-0.05, 0) is 24.7 Å². The molecule has 1 radical (unpaired) electrons. The van der Waals surface area contributed by atoms with Crippen molar-refractivity contribution >= 4 is 67.1 Å². The van der Waals surface area contributed by atoms with Crippen LogP contribution in [0.3, 0.4) is 0 Å². The summed E-state index contributed by atoms with van der Waals surface area (Å²) in [6.45, 7) is 11.2. The van der Waals surface area contributed by atoms with E-state index < -0.39 is 22.4 Å². The molecule has 0 N–H and O–H groups in total. The van der Waals surface area contributed by atoms with Gasteiger partial charge in [0.05, 0.1) is 11.9 Å². The third-order valence-corrected chi connectivity index (χ3v) is 11.4. The van der Waals surface area contributed by atoms with E-state index in [0.29, 0.717) is 12.8 Å². The molecule has 0 saturated heterocycles. The van der Waals surface area contributed by atoms with Gasteiger partial charge in [-0.3, -0.25) is 0 Å².